The maximum Gasteiger partial charge on any atom is 0.0662 e. The molecule has 0 aromatic carbocycles. The fourth-order valence-electron chi connectivity index (χ4n) is 0.0707. The van der Waals surface area contributed by atoms with E-state index in [0.29, 0.717) is 6.42 Å². The van der Waals surface area contributed by atoms with Gasteiger partial charge in [-0.15, -0.1) is 13.2 Å². The van der Waals surface area contributed by atoms with E-state index in [1.165, 1.54) is 0 Å². The monoisotopic (exact) mass is 226 g/mol. The van der Waals surface area contributed by atoms with Gasteiger partial charge in [-0.1, -0.05) is 0 Å². The van der Waals surface area contributed by atoms with Crippen LogP contribution < -0.4 is 0 Å². The Morgan fingerprint density at radius 1 is 0.800 bits per heavy atom. The number of hydrogen-bond donors (Lipinski definition) is 5. The molecule has 96 valence electrons. The van der Waals surface area contributed by atoms with Crippen LogP contribution in [0.25, 0.3) is 0 Å². The average molecular weight is 226 g/mol. The first-order chi connectivity index (χ1) is 7.06. The highest BCUT2D eigenvalue weighted by molar-refractivity contribution is 4.22. The van der Waals surface area contributed by atoms with E-state index in [9.17, 15) is 0 Å². The molecule has 0 aliphatic rings. The van der Waals surface area contributed by atoms with Gasteiger partial charge in [-0.05, 0) is 20.3 Å². The Balaban J connectivity index is -0.0000000562. The van der Waals surface area contributed by atoms with E-state index < -0.39 is 0 Å². The Hall–Kier alpha value is -0.460. The van der Waals surface area contributed by atoms with Crippen molar-refractivity contribution in [3.63, 3.8) is 0 Å². The standard InChI is InChI=1S/C3H8O2.C3H8O.C2H6O2.C2H4/c4-2-1-3-5;1-3(2)4;3-1-2-4;1-2/h4-5H,1-3H2;3-4H,1-2H3;3-4H,1-2H2;1-2H2. The fraction of sp³-hybridized carbons (Fsp3) is 0.800. The summed E-state index contributed by atoms with van der Waals surface area (Å²) in [6, 6.07) is 0. The van der Waals surface area contributed by atoms with Crippen molar-refractivity contribution in [2.75, 3.05) is 26.4 Å². The minimum atomic E-state index is -0.167. The highest BCUT2D eigenvalue weighted by Gasteiger charge is 1.70. The molecule has 5 nitrogen and oxygen atoms in total. The lowest BCUT2D eigenvalue weighted by Crippen LogP contribution is -1.85. The highest BCUT2D eigenvalue weighted by Crippen LogP contribution is 1.65. The maximum atomic E-state index is 8.06. The van der Waals surface area contributed by atoms with Crippen LogP contribution in [-0.2, 0) is 0 Å². The van der Waals surface area contributed by atoms with Crippen LogP contribution in [0, 0.1) is 0 Å². The molecule has 15 heavy (non-hydrogen) atoms. The molecule has 0 aromatic heterocycles. The summed E-state index contributed by atoms with van der Waals surface area (Å²) in [5.41, 5.74) is 0. The molecule has 5 N–H and O–H groups in total. The lowest BCUT2D eigenvalue weighted by atomic mass is 10.5. The maximum absolute atomic E-state index is 8.06. The summed E-state index contributed by atoms with van der Waals surface area (Å²) in [7, 11) is 0. The predicted octanol–water partition coefficient (Wildman–Crippen LogP) is -0.479. The van der Waals surface area contributed by atoms with Crippen LogP contribution in [0.15, 0.2) is 13.2 Å². The summed E-state index contributed by atoms with van der Waals surface area (Å²) in [6.07, 6.45) is 0.333. The van der Waals surface area contributed by atoms with Crippen molar-refractivity contribution in [2.45, 2.75) is 26.4 Å². The zero-order valence-electron chi connectivity index (χ0n) is 9.76. The normalized spacial score (nSPS) is 7.47. The first kappa shape index (κ1) is 24.0. The second-order valence-electron chi connectivity index (χ2n) is 2.34. The zero-order valence-corrected chi connectivity index (χ0v) is 9.76. The van der Waals surface area contributed by atoms with E-state index in [2.05, 4.69) is 13.2 Å². The lowest BCUT2D eigenvalue weighted by molar-refractivity contribution is 0.186. The van der Waals surface area contributed by atoms with E-state index in [4.69, 9.17) is 25.5 Å². The first-order valence-electron chi connectivity index (χ1n) is 4.68. The van der Waals surface area contributed by atoms with Gasteiger partial charge in [-0.2, -0.15) is 0 Å². The van der Waals surface area contributed by atoms with E-state index in [0.717, 1.165) is 0 Å². The Morgan fingerprint density at radius 2 is 1.00 bits per heavy atom. The molecule has 0 atom stereocenters. The van der Waals surface area contributed by atoms with Gasteiger partial charge in [-0.25, -0.2) is 0 Å². The molecule has 0 spiro atoms. The van der Waals surface area contributed by atoms with Gasteiger partial charge in [0.2, 0.25) is 0 Å². The van der Waals surface area contributed by atoms with Crippen molar-refractivity contribution in [3.05, 3.63) is 13.2 Å². The van der Waals surface area contributed by atoms with Gasteiger partial charge in [0.05, 0.1) is 13.2 Å². The molecule has 0 amide bonds. The molecule has 0 aliphatic carbocycles. The molecule has 0 unspecified atom stereocenters. The Morgan fingerprint density at radius 3 is 1.00 bits per heavy atom. The number of rotatable bonds is 3. The molecule has 0 fully saturated rings. The Bertz CT molecular complexity index is 62.1. The van der Waals surface area contributed by atoms with Crippen molar-refractivity contribution < 1.29 is 25.5 Å². The van der Waals surface area contributed by atoms with Gasteiger partial charge < -0.3 is 25.5 Å². The SMILES string of the molecule is C=C.CC(C)O.OCCCO.OCCO. The predicted molar refractivity (Wildman–Crippen MR) is 61.6 cm³/mol. The minimum absolute atomic E-state index is 0.0938. The van der Waals surface area contributed by atoms with Gasteiger partial charge in [0.1, 0.15) is 0 Å². The zero-order chi connectivity index (χ0) is 13.1. The quantitative estimate of drug-likeness (QED) is 0.418. The first-order valence-corrected chi connectivity index (χ1v) is 4.68. The van der Waals surface area contributed by atoms with Gasteiger partial charge in [0, 0.05) is 19.3 Å². The molecule has 0 aliphatic heterocycles. The van der Waals surface area contributed by atoms with E-state index in [1.54, 1.807) is 13.8 Å². The summed E-state index contributed by atoms with van der Waals surface area (Å²) in [6.45, 7) is 9.38. The lowest BCUT2D eigenvalue weighted by Gasteiger charge is -1.80. The summed E-state index contributed by atoms with van der Waals surface area (Å²) < 4.78 is 0. The summed E-state index contributed by atoms with van der Waals surface area (Å²) in [5.74, 6) is 0. The molecule has 0 aromatic rings. The fourth-order valence-corrected chi connectivity index (χ4v) is 0.0707. The van der Waals surface area contributed by atoms with Gasteiger partial charge >= 0.3 is 0 Å². The van der Waals surface area contributed by atoms with Crippen molar-refractivity contribution in [1.82, 2.24) is 0 Å². The van der Waals surface area contributed by atoms with Crippen LogP contribution in [0.3, 0.4) is 0 Å². The molecule has 0 rings (SSSR count). The third kappa shape index (κ3) is 279. The van der Waals surface area contributed by atoms with Crippen LogP contribution in [0.1, 0.15) is 20.3 Å². The van der Waals surface area contributed by atoms with Crippen LogP contribution >= 0.6 is 0 Å². The molecule has 0 saturated heterocycles. The molecule has 0 saturated carbocycles. The number of hydrogen-bond acceptors (Lipinski definition) is 5. The van der Waals surface area contributed by atoms with Crippen LogP contribution in [0.2, 0.25) is 0 Å². The van der Waals surface area contributed by atoms with E-state index in [-0.39, 0.29) is 32.5 Å². The van der Waals surface area contributed by atoms with Crippen LogP contribution in [-0.4, -0.2) is 58.1 Å². The third-order valence-electron chi connectivity index (χ3n) is 0.416. The summed E-state index contributed by atoms with van der Waals surface area (Å²) in [5, 5.41) is 39.1. The molecular formula is C10H26O5. The van der Waals surface area contributed by atoms with Crippen LogP contribution in [0.4, 0.5) is 0 Å². The topological polar surface area (TPSA) is 101 Å². The minimum Gasteiger partial charge on any atom is -0.396 e. The largest absolute Gasteiger partial charge is 0.396 e. The van der Waals surface area contributed by atoms with E-state index >= 15 is 0 Å². The number of aliphatic hydroxyl groups is 5. The molecular weight excluding hydrogens is 200 g/mol. The van der Waals surface area contributed by atoms with Gasteiger partial charge in [0.15, 0.2) is 0 Å². The van der Waals surface area contributed by atoms with Gasteiger partial charge in [0.25, 0.3) is 0 Å². The molecule has 5 heteroatoms. The Labute approximate surface area is 92.3 Å². The van der Waals surface area contributed by atoms with Crippen molar-refractivity contribution >= 4 is 0 Å². The molecule has 0 bridgehead atoms. The second kappa shape index (κ2) is 37.5. The van der Waals surface area contributed by atoms with Gasteiger partial charge in [-0.3, -0.25) is 0 Å². The third-order valence-corrected chi connectivity index (χ3v) is 0.416. The molecule has 0 radical (unpaired) electrons. The summed E-state index contributed by atoms with van der Waals surface area (Å²) >= 11 is 0. The highest BCUT2D eigenvalue weighted by atomic mass is 16.3. The smallest absolute Gasteiger partial charge is 0.0662 e. The van der Waals surface area contributed by atoms with E-state index in [1.807, 2.05) is 0 Å². The van der Waals surface area contributed by atoms with Crippen molar-refractivity contribution in [1.29, 1.82) is 0 Å². The summed E-state index contributed by atoms with van der Waals surface area (Å²) in [4.78, 5) is 0. The second-order valence-corrected chi connectivity index (χ2v) is 2.34. The Kier molecular flexibility index (Phi) is 59.9. The average Bonchev–Trinajstić information content (AvgIpc) is 2.22. The molecule has 0 heterocycles. The van der Waals surface area contributed by atoms with Crippen molar-refractivity contribution in [2.24, 2.45) is 0 Å². The van der Waals surface area contributed by atoms with Crippen molar-refractivity contribution in [3.8, 4) is 0 Å². The van der Waals surface area contributed by atoms with Crippen LogP contribution in [0.5, 0.6) is 0 Å². The number of aliphatic hydroxyl groups excluding tert-OH is 5.